The van der Waals surface area contributed by atoms with Gasteiger partial charge in [0.1, 0.15) is 0 Å². The van der Waals surface area contributed by atoms with Crippen molar-refractivity contribution in [3.8, 4) is 0 Å². The predicted molar refractivity (Wildman–Crippen MR) is 75.5 cm³/mol. The molecule has 0 aliphatic heterocycles. The molecule has 0 nitrogen and oxygen atoms in total. The van der Waals surface area contributed by atoms with Gasteiger partial charge >= 0.3 is 0 Å². The quantitative estimate of drug-likeness (QED) is 0.661. The molecule has 1 aromatic heterocycles. The fourth-order valence-electron chi connectivity index (χ4n) is 1.51. The maximum absolute atomic E-state index is 2.35. The zero-order valence-electron chi connectivity index (χ0n) is 11.8. The SMILES string of the molecule is CCC(C)(C)c1ccc(C(C)(C)C(C)C)s1. The van der Waals surface area contributed by atoms with Crippen molar-refractivity contribution in [2.24, 2.45) is 5.92 Å². The molecular weight excluding hydrogens is 212 g/mol. The lowest BCUT2D eigenvalue weighted by molar-refractivity contribution is 0.379. The smallest absolute Gasteiger partial charge is 0.0107 e. The van der Waals surface area contributed by atoms with Crippen molar-refractivity contribution in [2.45, 2.75) is 65.7 Å². The molecule has 0 N–H and O–H groups in total. The standard InChI is InChI=1S/C15H26S/c1-8-14(4,5)12-9-10-13(16-12)15(6,7)11(2)3/h9-11H,8H2,1-7H3. The Morgan fingerprint density at radius 1 is 1.06 bits per heavy atom. The van der Waals surface area contributed by atoms with E-state index < -0.39 is 0 Å². The van der Waals surface area contributed by atoms with Gasteiger partial charge in [0.2, 0.25) is 0 Å². The summed E-state index contributed by atoms with van der Waals surface area (Å²) < 4.78 is 0. The van der Waals surface area contributed by atoms with Crippen molar-refractivity contribution in [2.75, 3.05) is 0 Å². The first-order chi connectivity index (χ1) is 7.21. The van der Waals surface area contributed by atoms with E-state index in [1.165, 1.54) is 16.2 Å². The summed E-state index contributed by atoms with van der Waals surface area (Å²) in [6, 6.07) is 4.66. The first kappa shape index (κ1) is 13.8. The third-order valence-electron chi connectivity index (χ3n) is 4.24. The summed E-state index contributed by atoms with van der Waals surface area (Å²) in [5.41, 5.74) is 0.628. The molecule has 1 heterocycles. The number of rotatable bonds is 4. The lowest BCUT2D eigenvalue weighted by Gasteiger charge is -2.28. The highest BCUT2D eigenvalue weighted by Crippen LogP contribution is 2.40. The molecule has 16 heavy (non-hydrogen) atoms. The van der Waals surface area contributed by atoms with Gasteiger partial charge in [-0.15, -0.1) is 11.3 Å². The molecule has 0 aromatic carbocycles. The Balaban J connectivity index is 3.04. The summed E-state index contributed by atoms with van der Waals surface area (Å²) in [5.74, 6) is 0.684. The van der Waals surface area contributed by atoms with Crippen LogP contribution in [0.4, 0.5) is 0 Å². The van der Waals surface area contributed by atoms with Crippen molar-refractivity contribution >= 4 is 11.3 Å². The van der Waals surface area contributed by atoms with Gasteiger partial charge in [-0.1, -0.05) is 48.5 Å². The van der Waals surface area contributed by atoms with Crippen LogP contribution in [0.1, 0.15) is 64.6 Å². The highest BCUT2D eigenvalue weighted by molar-refractivity contribution is 7.12. The van der Waals surface area contributed by atoms with E-state index in [2.05, 4.69) is 60.6 Å². The van der Waals surface area contributed by atoms with E-state index in [0.717, 1.165) is 0 Å². The summed E-state index contributed by atoms with van der Waals surface area (Å²) in [6.45, 7) is 16.3. The van der Waals surface area contributed by atoms with Crippen LogP contribution in [0.15, 0.2) is 12.1 Å². The molecule has 1 heteroatoms. The minimum atomic E-state index is 0.298. The van der Waals surface area contributed by atoms with Gasteiger partial charge in [-0.3, -0.25) is 0 Å². The average Bonchev–Trinajstić information content (AvgIpc) is 2.67. The van der Waals surface area contributed by atoms with Crippen LogP contribution >= 0.6 is 11.3 Å². The maximum Gasteiger partial charge on any atom is 0.0107 e. The fraction of sp³-hybridized carbons (Fsp3) is 0.733. The van der Waals surface area contributed by atoms with E-state index in [-0.39, 0.29) is 0 Å². The van der Waals surface area contributed by atoms with Crippen LogP contribution in [0, 0.1) is 5.92 Å². The minimum absolute atomic E-state index is 0.298. The summed E-state index contributed by atoms with van der Waals surface area (Å²) in [4.78, 5) is 3.05. The third-order valence-corrected chi connectivity index (χ3v) is 6.03. The lowest BCUT2D eigenvalue weighted by Crippen LogP contribution is -2.22. The summed E-state index contributed by atoms with van der Waals surface area (Å²) >= 11 is 2.00. The monoisotopic (exact) mass is 238 g/mol. The Kier molecular flexibility index (Phi) is 3.89. The second-order valence-electron chi connectivity index (χ2n) is 6.28. The molecule has 0 spiro atoms. The first-order valence-electron chi connectivity index (χ1n) is 6.32. The van der Waals surface area contributed by atoms with Crippen LogP contribution in [-0.2, 0) is 10.8 Å². The molecule has 0 atom stereocenters. The van der Waals surface area contributed by atoms with E-state index >= 15 is 0 Å². The lowest BCUT2D eigenvalue weighted by atomic mass is 9.80. The van der Waals surface area contributed by atoms with Crippen molar-refractivity contribution in [1.82, 2.24) is 0 Å². The van der Waals surface area contributed by atoms with E-state index in [0.29, 0.717) is 16.7 Å². The van der Waals surface area contributed by atoms with Crippen molar-refractivity contribution in [3.05, 3.63) is 21.9 Å². The second kappa shape index (κ2) is 4.52. The van der Waals surface area contributed by atoms with Crippen LogP contribution < -0.4 is 0 Å². The van der Waals surface area contributed by atoms with Gasteiger partial charge in [0.15, 0.2) is 0 Å². The van der Waals surface area contributed by atoms with Gasteiger partial charge in [0, 0.05) is 15.2 Å². The Labute approximate surface area is 105 Å². The van der Waals surface area contributed by atoms with Crippen LogP contribution in [0.2, 0.25) is 0 Å². The maximum atomic E-state index is 2.35. The van der Waals surface area contributed by atoms with Gasteiger partial charge in [-0.2, -0.15) is 0 Å². The minimum Gasteiger partial charge on any atom is -0.144 e. The zero-order valence-corrected chi connectivity index (χ0v) is 12.7. The van der Waals surface area contributed by atoms with Crippen molar-refractivity contribution in [3.63, 3.8) is 0 Å². The third kappa shape index (κ3) is 2.51. The van der Waals surface area contributed by atoms with Gasteiger partial charge < -0.3 is 0 Å². The van der Waals surface area contributed by atoms with Gasteiger partial charge in [-0.25, -0.2) is 0 Å². The predicted octanol–water partition coefficient (Wildman–Crippen LogP) is 5.37. The summed E-state index contributed by atoms with van der Waals surface area (Å²) in [5, 5.41) is 0. The molecule has 0 saturated carbocycles. The molecule has 0 radical (unpaired) electrons. The Morgan fingerprint density at radius 3 is 2.00 bits per heavy atom. The van der Waals surface area contributed by atoms with Crippen LogP contribution in [-0.4, -0.2) is 0 Å². The highest BCUT2D eigenvalue weighted by Gasteiger charge is 2.28. The van der Waals surface area contributed by atoms with Crippen LogP contribution in [0.5, 0.6) is 0 Å². The van der Waals surface area contributed by atoms with E-state index in [4.69, 9.17) is 0 Å². The van der Waals surface area contributed by atoms with Gasteiger partial charge in [0.25, 0.3) is 0 Å². The molecule has 0 fully saturated rings. The van der Waals surface area contributed by atoms with Crippen molar-refractivity contribution in [1.29, 1.82) is 0 Å². The largest absolute Gasteiger partial charge is 0.144 e. The summed E-state index contributed by atoms with van der Waals surface area (Å²) in [6.07, 6.45) is 1.20. The molecule has 0 bridgehead atoms. The molecule has 92 valence electrons. The highest BCUT2D eigenvalue weighted by atomic mass is 32.1. The molecule has 0 aliphatic rings. The fourth-order valence-corrected chi connectivity index (χ4v) is 2.94. The number of hydrogen-bond donors (Lipinski definition) is 0. The van der Waals surface area contributed by atoms with Crippen molar-refractivity contribution < 1.29 is 0 Å². The normalized spacial score (nSPS) is 13.5. The van der Waals surface area contributed by atoms with E-state index in [9.17, 15) is 0 Å². The zero-order chi connectivity index (χ0) is 12.6. The number of hydrogen-bond acceptors (Lipinski definition) is 1. The molecule has 0 amide bonds. The molecule has 1 aromatic rings. The topological polar surface area (TPSA) is 0 Å². The van der Waals surface area contributed by atoms with E-state index in [1.54, 1.807) is 0 Å². The van der Waals surface area contributed by atoms with Crippen LogP contribution in [0.25, 0.3) is 0 Å². The van der Waals surface area contributed by atoms with Gasteiger partial charge in [0.05, 0.1) is 0 Å². The molecule has 1 rings (SSSR count). The number of thiophene rings is 1. The molecular formula is C15H26S. The van der Waals surface area contributed by atoms with E-state index in [1.807, 2.05) is 11.3 Å². The Bertz CT molecular complexity index is 342. The second-order valence-corrected chi connectivity index (χ2v) is 7.36. The van der Waals surface area contributed by atoms with Gasteiger partial charge in [-0.05, 0) is 29.9 Å². The molecule has 0 aliphatic carbocycles. The Hall–Kier alpha value is -0.300. The summed E-state index contributed by atoms with van der Waals surface area (Å²) in [7, 11) is 0. The first-order valence-corrected chi connectivity index (χ1v) is 7.14. The molecule has 0 saturated heterocycles. The average molecular weight is 238 g/mol. The Morgan fingerprint density at radius 2 is 1.56 bits per heavy atom. The molecule has 0 unspecified atom stereocenters. The van der Waals surface area contributed by atoms with Crippen LogP contribution in [0.3, 0.4) is 0 Å².